The van der Waals surface area contributed by atoms with Gasteiger partial charge in [0.05, 0.1) is 13.2 Å². The SMILES string of the molecule is CC(COCCc1ccccc1)c1ccc(F)cc1. The molecule has 0 bridgehead atoms. The van der Waals surface area contributed by atoms with Gasteiger partial charge in [-0.05, 0) is 29.7 Å². The fraction of sp³-hybridized carbons (Fsp3) is 0.294. The largest absolute Gasteiger partial charge is 0.380 e. The molecule has 2 rings (SSSR count). The molecule has 1 nitrogen and oxygen atoms in total. The Hall–Kier alpha value is -1.67. The maximum atomic E-state index is 12.8. The molecule has 2 heteroatoms. The van der Waals surface area contributed by atoms with Crippen molar-refractivity contribution in [3.8, 4) is 0 Å². The zero-order valence-electron chi connectivity index (χ0n) is 11.2. The van der Waals surface area contributed by atoms with Gasteiger partial charge in [0.1, 0.15) is 5.82 Å². The molecule has 0 radical (unpaired) electrons. The molecule has 0 aliphatic heterocycles. The molecule has 0 aliphatic rings. The molecule has 2 aromatic carbocycles. The third-order valence-electron chi connectivity index (χ3n) is 3.18. The molecule has 0 N–H and O–H groups in total. The van der Waals surface area contributed by atoms with Crippen molar-refractivity contribution >= 4 is 0 Å². The summed E-state index contributed by atoms with van der Waals surface area (Å²) in [6.07, 6.45) is 0.928. The van der Waals surface area contributed by atoms with Gasteiger partial charge >= 0.3 is 0 Å². The highest BCUT2D eigenvalue weighted by Crippen LogP contribution is 2.16. The number of hydrogen-bond donors (Lipinski definition) is 0. The van der Waals surface area contributed by atoms with Crippen molar-refractivity contribution in [2.24, 2.45) is 0 Å². The Bertz CT molecular complexity index is 478. The van der Waals surface area contributed by atoms with Crippen LogP contribution in [-0.4, -0.2) is 13.2 Å². The molecule has 0 amide bonds. The Labute approximate surface area is 114 Å². The second kappa shape index (κ2) is 7.05. The van der Waals surface area contributed by atoms with Crippen molar-refractivity contribution in [2.45, 2.75) is 19.3 Å². The molecule has 0 saturated carbocycles. The first kappa shape index (κ1) is 13.8. The molecule has 19 heavy (non-hydrogen) atoms. The maximum Gasteiger partial charge on any atom is 0.123 e. The highest BCUT2D eigenvalue weighted by atomic mass is 19.1. The third-order valence-corrected chi connectivity index (χ3v) is 3.18. The lowest BCUT2D eigenvalue weighted by atomic mass is 10.0. The van der Waals surface area contributed by atoms with Gasteiger partial charge in [-0.1, -0.05) is 49.4 Å². The lowest BCUT2D eigenvalue weighted by molar-refractivity contribution is 0.126. The van der Waals surface area contributed by atoms with Gasteiger partial charge in [-0.2, -0.15) is 0 Å². The van der Waals surface area contributed by atoms with E-state index in [1.165, 1.54) is 17.7 Å². The topological polar surface area (TPSA) is 9.23 Å². The second-order valence-electron chi connectivity index (χ2n) is 4.76. The molecule has 1 atom stereocenters. The van der Waals surface area contributed by atoms with E-state index in [1.54, 1.807) is 0 Å². The summed E-state index contributed by atoms with van der Waals surface area (Å²) in [5.41, 5.74) is 2.40. The van der Waals surface area contributed by atoms with Crippen molar-refractivity contribution in [1.29, 1.82) is 0 Å². The highest BCUT2D eigenvalue weighted by Gasteiger charge is 2.05. The average Bonchev–Trinajstić information content (AvgIpc) is 2.45. The Balaban J connectivity index is 1.72. The molecule has 2 aromatic rings. The van der Waals surface area contributed by atoms with Crippen molar-refractivity contribution in [3.05, 3.63) is 71.5 Å². The molecule has 0 fully saturated rings. The van der Waals surface area contributed by atoms with Crippen molar-refractivity contribution in [3.63, 3.8) is 0 Å². The number of benzene rings is 2. The molecule has 100 valence electrons. The van der Waals surface area contributed by atoms with Crippen molar-refractivity contribution in [1.82, 2.24) is 0 Å². The first-order chi connectivity index (χ1) is 9.25. The van der Waals surface area contributed by atoms with Gasteiger partial charge in [-0.3, -0.25) is 0 Å². The summed E-state index contributed by atoms with van der Waals surface area (Å²) >= 11 is 0. The molecular weight excluding hydrogens is 239 g/mol. The summed E-state index contributed by atoms with van der Waals surface area (Å²) in [5.74, 6) is 0.0947. The van der Waals surface area contributed by atoms with Gasteiger partial charge in [0.15, 0.2) is 0 Å². The normalized spacial score (nSPS) is 12.3. The fourth-order valence-electron chi connectivity index (χ4n) is 1.98. The van der Waals surface area contributed by atoms with E-state index < -0.39 is 0 Å². The van der Waals surface area contributed by atoms with Crippen molar-refractivity contribution in [2.75, 3.05) is 13.2 Å². The third kappa shape index (κ3) is 4.49. The summed E-state index contributed by atoms with van der Waals surface area (Å²) in [6.45, 7) is 3.48. The van der Waals surface area contributed by atoms with Crippen molar-refractivity contribution < 1.29 is 9.13 Å². The van der Waals surface area contributed by atoms with Gasteiger partial charge in [-0.15, -0.1) is 0 Å². The predicted octanol–water partition coefficient (Wildman–Crippen LogP) is 4.19. The molecule has 0 aromatic heterocycles. The van der Waals surface area contributed by atoms with E-state index in [0.29, 0.717) is 6.61 Å². The second-order valence-corrected chi connectivity index (χ2v) is 4.76. The molecular formula is C17H19FO. The summed E-state index contributed by atoms with van der Waals surface area (Å²) in [4.78, 5) is 0. The van der Waals surface area contributed by atoms with Gasteiger partial charge in [0.2, 0.25) is 0 Å². The summed E-state index contributed by atoms with van der Waals surface area (Å²) in [5, 5.41) is 0. The van der Waals surface area contributed by atoms with E-state index in [4.69, 9.17) is 4.74 Å². The quantitative estimate of drug-likeness (QED) is 0.706. The zero-order valence-corrected chi connectivity index (χ0v) is 11.2. The summed E-state index contributed by atoms with van der Waals surface area (Å²) in [6, 6.07) is 16.9. The fourth-order valence-corrected chi connectivity index (χ4v) is 1.98. The van der Waals surface area contributed by atoms with E-state index in [0.717, 1.165) is 18.6 Å². The van der Waals surface area contributed by atoms with Gasteiger partial charge in [-0.25, -0.2) is 4.39 Å². The number of hydrogen-bond acceptors (Lipinski definition) is 1. The van der Waals surface area contributed by atoms with Crippen LogP contribution in [0.15, 0.2) is 54.6 Å². The molecule has 0 saturated heterocycles. The maximum absolute atomic E-state index is 12.8. The van der Waals surface area contributed by atoms with E-state index >= 15 is 0 Å². The van der Waals surface area contributed by atoms with Crippen LogP contribution in [0.4, 0.5) is 4.39 Å². The standard InChI is InChI=1S/C17H19FO/c1-14(16-7-9-17(18)10-8-16)13-19-12-11-15-5-3-2-4-6-15/h2-10,14H,11-13H2,1H3. The van der Waals surface area contributed by atoms with Crippen LogP contribution in [0.1, 0.15) is 24.0 Å². The predicted molar refractivity (Wildman–Crippen MR) is 75.8 cm³/mol. The zero-order chi connectivity index (χ0) is 13.5. The monoisotopic (exact) mass is 258 g/mol. The molecule has 1 unspecified atom stereocenters. The van der Waals surface area contributed by atoms with Crippen LogP contribution >= 0.6 is 0 Å². The number of ether oxygens (including phenoxy) is 1. The van der Waals surface area contributed by atoms with Crippen LogP contribution in [0.5, 0.6) is 0 Å². The van der Waals surface area contributed by atoms with Gasteiger partial charge in [0, 0.05) is 5.92 Å². The minimum Gasteiger partial charge on any atom is -0.380 e. The Kier molecular flexibility index (Phi) is 5.10. The lowest BCUT2D eigenvalue weighted by Crippen LogP contribution is -2.07. The van der Waals surface area contributed by atoms with Crippen LogP contribution in [0.25, 0.3) is 0 Å². The molecule has 0 aliphatic carbocycles. The summed E-state index contributed by atoms with van der Waals surface area (Å²) < 4.78 is 18.5. The Morgan fingerprint density at radius 1 is 1.00 bits per heavy atom. The average molecular weight is 258 g/mol. The first-order valence-corrected chi connectivity index (χ1v) is 6.63. The van der Waals surface area contributed by atoms with Crippen LogP contribution < -0.4 is 0 Å². The van der Waals surface area contributed by atoms with Gasteiger partial charge < -0.3 is 4.74 Å². The van der Waals surface area contributed by atoms with E-state index in [2.05, 4.69) is 19.1 Å². The summed E-state index contributed by atoms with van der Waals surface area (Å²) in [7, 11) is 0. The first-order valence-electron chi connectivity index (χ1n) is 6.63. The Morgan fingerprint density at radius 2 is 1.68 bits per heavy atom. The van der Waals surface area contributed by atoms with E-state index in [1.807, 2.05) is 30.3 Å². The van der Waals surface area contributed by atoms with Crippen LogP contribution in [0.3, 0.4) is 0 Å². The van der Waals surface area contributed by atoms with Gasteiger partial charge in [0.25, 0.3) is 0 Å². The molecule has 0 heterocycles. The van der Waals surface area contributed by atoms with Crippen LogP contribution in [0, 0.1) is 5.82 Å². The van der Waals surface area contributed by atoms with Crippen LogP contribution in [-0.2, 0) is 11.2 Å². The smallest absolute Gasteiger partial charge is 0.123 e. The van der Waals surface area contributed by atoms with E-state index in [9.17, 15) is 4.39 Å². The number of rotatable bonds is 6. The van der Waals surface area contributed by atoms with E-state index in [-0.39, 0.29) is 11.7 Å². The highest BCUT2D eigenvalue weighted by molar-refractivity contribution is 5.19. The molecule has 0 spiro atoms. The minimum absolute atomic E-state index is 0.194. The van der Waals surface area contributed by atoms with Crippen LogP contribution in [0.2, 0.25) is 0 Å². The minimum atomic E-state index is -0.194. The number of halogens is 1. The Morgan fingerprint density at radius 3 is 2.37 bits per heavy atom. The lowest BCUT2D eigenvalue weighted by Gasteiger charge is -2.12.